The minimum absolute atomic E-state index is 0.190. The van der Waals surface area contributed by atoms with Gasteiger partial charge >= 0.3 is 0 Å². The number of nitrogens with one attached hydrogen (secondary N) is 3. The van der Waals surface area contributed by atoms with E-state index in [4.69, 9.17) is 0 Å². The van der Waals surface area contributed by atoms with Crippen LogP contribution in [0.15, 0.2) is 59.4 Å². The lowest BCUT2D eigenvalue weighted by molar-refractivity contribution is 0.864. The molecule has 7 nitrogen and oxygen atoms in total. The number of hydrogen-bond acceptors (Lipinski definition) is 5. The summed E-state index contributed by atoms with van der Waals surface area (Å²) < 4.78 is 1.35. The van der Waals surface area contributed by atoms with Crippen LogP contribution in [0.1, 0.15) is 49.1 Å². The lowest BCUT2D eigenvalue weighted by Crippen LogP contribution is -2.17. The molecule has 0 amide bonds. The van der Waals surface area contributed by atoms with Gasteiger partial charge in [0.15, 0.2) is 0 Å². The molecular weight excluding hydrogens is 388 g/mol. The molecule has 0 aliphatic heterocycles. The second-order valence-corrected chi connectivity index (χ2v) is 7.95. The van der Waals surface area contributed by atoms with Crippen molar-refractivity contribution >= 4 is 17.4 Å². The minimum atomic E-state index is -0.190. The highest BCUT2D eigenvalue weighted by Gasteiger charge is 2.08. The first-order valence-corrected chi connectivity index (χ1v) is 10.7. The molecule has 0 radical (unpaired) electrons. The fraction of sp³-hybridized carbons (Fsp3) is 0.292. The second-order valence-electron chi connectivity index (χ2n) is 7.95. The van der Waals surface area contributed by atoms with Crippen LogP contribution in [0.25, 0.3) is 5.78 Å². The summed E-state index contributed by atoms with van der Waals surface area (Å²) in [4.78, 5) is 21.4. The molecule has 0 spiro atoms. The molecule has 0 aliphatic carbocycles. The molecule has 0 atom stereocenters. The summed E-state index contributed by atoms with van der Waals surface area (Å²) in [5, 5.41) is 9.51. The normalized spacial score (nSPS) is 11.2. The fourth-order valence-corrected chi connectivity index (χ4v) is 3.35. The number of benzene rings is 2. The summed E-state index contributed by atoms with van der Waals surface area (Å²) in [6, 6.07) is 18.3. The van der Waals surface area contributed by atoms with Gasteiger partial charge in [-0.05, 0) is 41.2 Å². The molecule has 160 valence electrons. The number of aryl methyl sites for hydroxylation is 1. The monoisotopic (exact) mass is 416 g/mol. The number of aromatic nitrogens is 4. The third-order valence-corrected chi connectivity index (χ3v) is 5.33. The van der Waals surface area contributed by atoms with Gasteiger partial charge in [-0.1, -0.05) is 57.2 Å². The van der Waals surface area contributed by atoms with Crippen LogP contribution in [0.2, 0.25) is 0 Å². The van der Waals surface area contributed by atoms with E-state index in [1.165, 1.54) is 21.7 Å². The van der Waals surface area contributed by atoms with Crippen LogP contribution in [0.4, 0.5) is 11.6 Å². The maximum atomic E-state index is 12.5. The van der Waals surface area contributed by atoms with Crippen LogP contribution in [-0.4, -0.2) is 19.6 Å². The molecule has 31 heavy (non-hydrogen) atoms. The van der Waals surface area contributed by atoms with E-state index >= 15 is 0 Å². The van der Waals surface area contributed by atoms with Crippen LogP contribution in [0, 0.1) is 0 Å². The molecule has 3 N–H and O–H groups in total. The molecule has 0 bridgehead atoms. The van der Waals surface area contributed by atoms with Gasteiger partial charge in [-0.25, -0.2) is 4.98 Å². The van der Waals surface area contributed by atoms with E-state index in [1.54, 1.807) is 0 Å². The van der Waals surface area contributed by atoms with Gasteiger partial charge < -0.3 is 10.6 Å². The standard InChI is InChI=1S/C24H28N6O/c1-4-17-7-11-20(12-8-17)25-15-21-13-22(31)30-24(27-21)28-23(29-30)26-14-18-5-9-19(10-6-18)16(2)3/h5-13,16,25H,4,14-15H2,1-3H3,(H2,26,27,28,29). The van der Waals surface area contributed by atoms with Crippen LogP contribution in [0.3, 0.4) is 0 Å². The van der Waals surface area contributed by atoms with Gasteiger partial charge in [0, 0.05) is 18.3 Å². The van der Waals surface area contributed by atoms with E-state index in [1.807, 2.05) is 12.1 Å². The van der Waals surface area contributed by atoms with Crippen molar-refractivity contribution in [3.05, 3.63) is 87.3 Å². The molecule has 0 unspecified atom stereocenters. The van der Waals surface area contributed by atoms with E-state index in [0.717, 1.165) is 17.7 Å². The first-order valence-electron chi connectivity index (χ1n) is 10.7. The largest absolute Gasteiger partial charge is 0.379 e. The molecule has 0 saturated carbocycles. The van der Waals surface area contributed by atoms with Gasteiger partial charge in [0.05, 0.1) is 12.2 Å². The van der Waals surface area contributed by atoms with Crippen LogP contribution >= 0.6 is 0 Å². The Bertz CT molecular complexity index is 1210. The Balaban J connectivity index is 1.43. The zero-order valence-electron chi connectivity index (χ0n) is 18.1. The lowest BCUT2D eigenvalue weighted by Gasteiger charge is -2.07. The van der Waals surface area contributed by atoms with E-state index < -0.39 is 0 Å². The predicted octanol–water partition coefficient (Wildman–Crippen LogP) is 4.33. The average Bonchev–Trinajstić information content (AvgIpc) is 3.20. The highest BCUT2D eigenvalue weighted by atomic mass is 16.1. The summed E-state index contributed by atoms with van der Waals surface area (Å²) in [6.45, 7) is 7.55. The fourth-order valence-electron chi connectivity index (χ4n) is 3.35. The Morgan fingerprint density at radius 1 is 0.935 bits per heavy atom. The van der Waals surface area contributed by atoms with Gasteiger partial charge in [0.25, 0.3) is 11.3 Å². The van der Waals surface area contributed by atoms with Crippen molar-refractivity contribution < 1.29 is 0 Å². The number of nitrogens with zero attached hydrogens (tertiary/aromatic N) is 3. The van der Waals surface area contributed by atoms with Crippen LogP contribution in [0.5, 0.6) is 0 Å². The Morgan fingerprint density at radius 3 is 2.32 bits per heavy atom. The maximum Gasteiger partial charge on any atom is 0.274 e. The highest BCUT2D eigenvalue weighted by Crippen LogP contribution is 2.15. The minimum Gasteiger partial charge on any atom is -0.379 e. The third-order valence-electron chi connectivity index (χ3n) is 5.33. The Kier molecular flexibility index (Phi) is 6.02. The van der Waals surface area contributed by atoms with Gasteiger partial charge in [0.1, 0.15) is 0 Å². The van der Waals surface area contributed by atoms with Gasteiger partial charge in [0.2, 0.25) is 5.95 Å². The molecule has 4 aromatic rings. The number of anilines is 2. The quantitative estimate of drug-likeness (QED) is 0.398. The molecule has 2 heterocycles. The van der Waals surface area contributed by atoms with Crippen molar-refractivity contribution in [3.63, 3.8) is 0 Å². The van der Waals surface area contributed by atoms with E-state index in [-0.39, 0.29) is 5.56 Å². The lowest BCUT2D eigenvalue weighted by atomic mass is 10.0. The molecular formula is C24H28N6O. The molecule has 7 heteroatoms. The number of rotatable bonds is 8. The van der Waals surface area contributed by atoms with Crippen molar-refractivity contribution in [1.29, 1.82) is 0 Å². The van der Waals surface area contributed by atoms with Gasteiger partial charge in [-0.3, -0.25) is 9.89 Å². The third kappa shape index (κ3) is 4.94. The smallest absolute Gasteiger partial charge is 0.274 e. The first kappa shape index (κ1) is 20.7. The summed E-state index contributed by atoms with van der Waals surface area (Å²) in [7, 11) is 0. The first-order chi connectivity index (χ1) is 15.0. The summed E-state index contributed by atoms with van der Waals surface area (Å²) >= 11 is 0. The molecule has 2 aromatic heterocycles. The van der Waals surface area contributed by atoms with E-state index in [9.17, 15) is 4.79 Å². The van der Waals surface area contributed by atoms with Crippen molar-refractivity contribution in [3.8, 4) is 0 Å². The molecule has 2 aromatic carbocycles. The highest BCUT2D eigenvalue weighted by molar-refractivity contribution is 5.45. The van der Waals surface area contributed by atoms with E-state index in [0.29, 0.717) is 36.4 Å². The van der Waals surface area contributed by atoms with Crippen LogP contribution < -0.4 is 16.2 Å². The Hall–Kier alpha value is -3.61. The zero-order chi connectivity index (χ0) is 21.8. The van der Waals surface area contributed by atoms with Crippen molar-refractivity contribution in [2.24, 2.45) is 0 Å². The van der Waals surface area contributed by atoms with Crippen LogP contribution in [-0.2, 0) is 19.5 Å². The molecule has 0 saturated heterocycles. The topological polar surface area (TPSA) is 87.1 Å². The van der Waals surface area contributed by atoms with Gasteiger partial charge in [-0.2, -0.15) is 9.50 Å². The number of hydrogen-bond donors (Lipinski definition) is 3. The SMILES string of the molecule is CCc1ccc(NCc2cc(=O)n3[nH]c(NCc4ccc(C(C)C)cc4)nc3n2)cc1. The summed E-state index contributed by atoms with van der Waals surface area (Å²) in [6.07, 6.45) is 1.01. The summed E-state index contributed by atoms with van der Waals surface area (Å²) in [5.41, 5.74) is 5.19. The average molecular weight is 417 g/mol. The van der Waals surface area contributed by atoms with E-state index in [2.05, 4.69) is 82.9 Å². The maximum absolute atomic E-state index is 12.5. The van der Waals surface area contributed by atoms with Crippen molar-refractivity contribution in [2.45, 2.75) is 46.2 Å². The second kappa shape index (κ2) is 9.04. The zero-order valence-corrected chi connectivity index (χ0v) is 18.1. The molecule has 0 fully saturated rings. The Morgan fingerprint density at radius 2 is 1.65 bits per heavy atom. The molecule has 0 aliphatic rings. The number of fused-ring (bicyclic) bond motifs is 1. The summed E-state index contributed by atoms with van der Waals surface area (Å²) in [5.74, 6) is 1.37. The Labute approximate surface area is 181 Å². The number of H-pyrrole nitrogens is 1. The molecule has 4 rings (SSSR count). The van der Waals surface area contributed by atoms with Crippen molar-refractivity contribution in [2.75, 3.05) is 10.6 Å². The number of aromatic amines is 1. The van der Waals surface area contributed by atoms with Crippen molar-refractivity contribution in [1.82, 2.24) is 19.6 Å². The predicted molar refractivity (Wildman–Crippen MR) is 125 cm³/mol. The van der Waals surface area contributed by atoms with Gasteiger partial charge in [-0.15, -0.1) is 0 Å².